The van der Waals surface area contributed by atoms with Crippen LogP contribution in [0.15, 0.2) is 72.8 Å². The summed E-state index contributed by atoms with van der Waals surface area (Å²) in [5.41, 5.74) is 3.73. The molecule has 0 fully saturated rings. The molecule has 4 rings (SSSR count). The lowest BCUT2D eigenvalue weighted by Gasteiger charge is -2.29. The molecule has 4 aromatic rings. The van der Waals surface area contributed by atoms with Gasteiger partial charge in [0.1, 0.15) is 5.75 Å². The van der Waals surface area contributed by atoms with Crippen molar-refractivity contribution in [3.8, 4) is 28.7 Å². The molecule has 0 aromatic heterocycles. The topological polar surface area (TPSA) is 36.9 Å². The largest absolute Gasteiger partial charge is 0.476 e. The SMILES string of the molecule is CC(C)(C)c1cc(C(C)(C)C)c2cc(OPOc3ccccc3Oc3ccccc3OP)c(C(C)(C)C)cc2c1. The molecule has 212 valence electrons. The van der Waals surface area contributed by atoms with E-state index in [0.717, 1.165) is 11.3 Å². The highest BCUT2D eigenvalue weighted by Crippen LogP contribution is 2.44. The average molecular weight is 577 g/mol. The predicted octanol–water partition coefficient (Wildman–Crippen LogP) is 10.7. The number of hydrogen-bond donors (Lipinski definition) is 0. The number of para-hydroxylation sites is 4. The molecule has 0 saturated carbocycles. The molecule has 40 heavy (non-hydrogen) atoms. The van der Waals surface area contributed by atoms with Crippen molar-refractivity contribution in [2.45, 2.75) is 78.6 Å². The highest BCUT2D eigenvalue weighted by Gasteiger charge is 2.26. The van der Waals surface area contributed by atoms with Gasteiger partial charge in [0.25, 0.3) is 9.03 Å². The van der Waals surface area contributed by atoms with Crippen molar-refractivity contribution in [3.05, 3.63) is 89.5 Å². The Morgan fingerprint density at radius 3 is 1.62 bits per heavy atom. The smallest absolute Gasteiger partial charge is 0.275 e. The Kier molecular flexibility index (Phi) is 8.74. The summed E-state index contributed by atoms with van der Waals surface area (Å²) in [5, 5.41) is 2.46. The molecular weight excluding hydrogens is 534 g/mol. The van der Waals surface area contributed by atoms with Crippen molar-refractivity contribution in [1.29, 1.82) is 0 Å². The molecule has 0 amide bonds. The van der Waals surface area contributed by atoms with Crippen molar-refractivity contribution in [1.82, 2.24) is 0 Å². The first-order chi connectivity index (χ1) is 18.7. The minimum absolute atomic E-state index is 0.0217. The molecule has 2 unspecified atom stereocenters. The summed E-state index contributed by atoms with van der Waals surface area (Å²) in [6.07, 6.45) is 0. The second kappa shape index (κ2) is 11.6. The number of benzene rings is 4. The summed E-state index contributed by atoms with van der Waals surface area (Å²) in [6, 6.07) is 24.3. The molecule has 0 aliphatic carbocycles. The van der Waals surface area contributed by atoms with Crippen molar-refractivity contribution >= 4 is 29.3 Å². The van der Waals surface area contributed by atoms with E-state index in [9.17, 15) is 0 Å². The number of fused-ring (bicyclic) bond motifs is 1. The van der Waals surface area contributed by atoms with Gasteiger partial charge in [-0.2, -0.15) is 0 Å². The van der Waals surface area contributed by atoms with Crippen LogP contribution in [0, 0.1) is 0 Å². The van der Waals surface area contributed by atoms with E-state index in [1.807, 2.05) is 48.5 Å². The Labute approximate surface area is 244 Å². The lowest BCUT2D eigenvalue weighted by atomic mass is 9.76. The van der Waals surface area contributed by atoms with Crippen LogP contribution in [0.2, 0.25) is 0 Å². The maximum atomic E-state index is 6.41. The third-order valence-corrected chi connectivity index (χ3v) is 7.74. The zero-order valence-corrected chi connectivity index (χ0v) is 27.3. The monoisotopic (exact) mass is 576 g/mol. The van der Waals surface area contributed by atoms with Crippen LogP contribution in [0.5, 0.6) is 28.7 Å². The van der Waals surface area contributed by atoms with Crippen LogP contribution in [-0.4, -0.2) is 0 Å². The maximum Gasteiger partial charge on any atom is 0.275 e. The maximum absolute atomic E-state index is 6.41. The first kappa shape index (κ1) is 30.2. The van der Waals surface area contributed by atoms with Crippen molar-refractivity contribution in [3.63, 3.8) is 0 Å². The lowest BCUT2D eigenvalue weighted by molar-refractivity contribution is 0.429. The first-order valence-electron chi connectivity index (χ1n) is 13.6. The summed E-state index contributed by atoms with van der Waals surface area (Å²) in [6.45, 7) is 20.3. The zero-order valence-electron chi connectivity index (χ0n) is 25.1. The van der Waals surface area contributed by atoms with E-state index < -0.39 is 0 Å². The molecular formula is C34H42O4P2. The quantitative estimate of drug-likeness (QED) is 0.205. The van der Waals surface area contributed by atoms with Crippen LogP contribution in [0.1, 0.15) is 79.0 Å². The molecule has 0 aliphatic heterocycles. The molecule has 0 aliphatic rings. The lowest BCUT2D eigenvalue weighted by Crippen LogP contribution is -2.17. The molecule has 0 N–H and O–H groups in total. The van der Waals surface area contributed by atoms with Crippen LogP contribution < -0.4 is 18.3 Å². The van der Waals surface area contributed by atoms with Crippen LogP contribution in [0.4, 0.5) is 0 Å². The number of ether oxygens (including phenoxy) is 1. The van der Waals surface area contributed by atoms with Crippen molar-refractivity contribution in [2.24, 2.45) is 0 Å². The van der Waals surface area contributed by atoms with E-state index in [2.05, 4.69) is 96.0 Å². The highest BCUT2D eigenvalue weighted by molar-refractivity contribution is 7.27. The standard InChI is InChI=1S/C34H42O4P2/c1-32(2,3)23-18-22-19-26(34(7,8)9)31(21-24(22)25(20-23)33(4,5)6)38-40-37-30-17-13-11-15-28(30)35-27-14-10-12-16-29(27)36-39/h10-21,40H,39H2,1-9H3. The van der Waals surface area contributed by atoms with Gasteiger partial charge >= 0.3 is 0 Å². The summed E-state index contributed by atoms with van der Waals surface area (Å²) in [4.78, 5) is 0. The molecule has 4 aromatic carbocycles. The van der Waals surface area contributed by atoms with E-state index in [1.54, 1.807) is 0 Å². The van der Waals surface area contributed by atoms with Gasteiger partial charge in [0.2, 0.25) is 0 Å². The number of rotatable bonds is 7. The second-order valence-electron chi connectivity index (χ2n) is 13.2. The fourth-order valence-corrected chi connectivity index (χ4v) is 5.35. The van der Waals surface area contributed by atoms with E-state index in [4.69, 9.17) is 18.3 Å². The molecule has 6 heteroatoms. The van der Waals surface area contributed by atoms with Gasteiger partial charge in [-0.15, -0.1) is 0 Å². The Balaban J connectivity index is 1.68. The minimum Gasteiger partial charge on any atom is -0.476 e. The first-order valence-corrected chi connectivity index (χ1v) is 14.9. The Morgan fingerprint density at radius 1 is 0.550 bits per heavy atom. The van der Waals surface area contributed by atoms with Gasteiger partial charge in [0.15, 0.2) is 23.0 Å². The normalized spacial score (nSPS) is 12.7. The molecule has 0 saturated heterocycles. The summed E-state index contributed by atoms with van der Waals surface area (Å²) in [5.74, 6) is 3.26. The van der Waals surface area contributed by atoms with Crippen LogP contribution in [0.25, 0.3) is 10.8 Å². The third-order valence-electron chi connectivity index (χ3n) is 6.88. The van der Waals surface area contributed by atoms with Crippen LogP contribution >= 0.6 is 18.5 Å². The summed E-state index contributed by atoms with van der Waals surface area (Å²) < 4.78 is 24.1. The van der Waals surface area contributed by atoms with Gasteiger partial charge in [0, 0.05) is 5.56 Å². The zero-order chi connectivity index (χ0) is 29.3. The fourth-order valence-electron chi connectivity index (χ4n) is 4.60. The fraction of sp³-hybridized carbons (Fsp3) is 0.353. The van der Waals surface area contributed by atoms with Crippen LogP contribution in [-0.2, 0) is 16.2 Å². The van der Waals surface area contributed by atoms with Gasteiger partial charge in [-0.1, -0.05) is 98.7 Å². The third kappa shape index (κ3) is 6.91. The van der Waals surface area contributed by atoms with E-state index in [-0.39, 0.29) is 25.3 Å². The predicted molar refractivity (Wildman–Crippen MR) is 173 cm³/mol. The summed E-state index contributed by atoms with van der Waals surface area (Å²) >= 11 is 0. The minimum atomic E-state index is -0.255. The van der Waals surface area contributed by atoms with E-state index in [1.165, 1.54) is 21.9 Å². The Bertz CT molecular complexity index is 1490. The van der Waals surface area contributed by atoms with Gasteiger partial charge in [-0.25, -0.2) is 0 Å². The Hall–Kier alpha value is -2.80. The summed E-state index contributed by atoms with van der Waals surface area (Å²) in [7, 11) is 2.01. The van der Waals surface area contributed by atoms with Gasteiger partial charge in [-0.05, 0) is 74.5 Å². The van der Waals surface area contributed by atoms with Crippen LogP contribution in [0.3, 0.4) is 0 Å². The van der Waals surface area contributed by atoms with E-state index >= 15 is 0 Å². The van der Waals surface area contributed by atoms with Crippen molar-refractivity contribution < 1.29 is 18.3 Å². The van der Waals surface area contributed by atoms with Gasteiger partial charge < -0.3 is 18.3 Å². The molecule has 2 atom stereocenters. The van der Waals surface area contributed by atoms with Gasteiger partial charge in [0.05, 0.1) is 9.47 Å². The molecule has 4 nitrogen and oxygen atoms in total. The van der Waals surface area contributed by atoms with E-state index in [0.29, 0.717) is 23.0 Å². The average Bonchev–Trinajstić information content (AvgIpc) is 2.87. The molecule has 0 spiro atoms. The molecule has 0 bridgehead atoms. The van der Waals surface area contributed by atoms with Gasteiger partial charge in [-0.3, -0.25) is 0 Å². The second-order valence-corrected chi connectivity index (χ2v) is 14.1. The molecule has 0 heterocycles. The highest BCUT2D eigenvalue weighted by atomic mass is 31.1. The molecule has 0 radical (unpaired) electrons. The Morgan fingerprint density at radius 2 is 1.07 bits per heavy atom. The number of hydrogen-bond acceptors (Lipinski definition) is 4. The van der Waals surface area contributed by atoms with Crippen molar-refractivity contribution in [2.75, 3.05) is 0 Å².